The zero-order valence-electron chi connectivity index (χ0n) is 17.3. The van der Waals surface area contributed by atoms with Gasteiger partial charge >= 0.3 is 6.18 Å². The lowest BCUT2D eigenvalue weighted by molar-refractivity contribution is -0.137. The number of amides is 1. The molecule has 0 spiro atoms. The predicted molar refractivity (Wildman–Crippen MR) is 106 cm³/mol. The van der Waals surface area contributed by atoms with Gasteiger partial charge in [-0.05, 0) is 45.4 Å². The second kappa shape index (κ2) is 9.47. The molecule has 2 N–H and O–H groups in total. The number of halogens is 3. The molecule has 0 aromatic heterocycles. The van der Waals surface area contributed by atoms with E-state index in [1.165, 1.54) is 6.07 Å². The summed E-state index contributed by atoms with van der Waals surface area (Å²) in [5.41, 5.74) is -0.584. The lowest BCUT2D eigenvalue weighted by Crippen LogP contribution is -2.49. The molecule has 1 fully saturated rings. The number of morpholine rings is 1. The molecule has 6 nitrogen and oxygen atoms in total. The van der Waals surface area contributed by atoms with Gasteiger partial charge in [0, 0.05) is 18.6 Å². The number of hydrogen-bond donors (Lipinski definition) is 2. The van der Waals surface area contributed by atoms with Gasteiger partial charge in [0.15, 0.2) is 5.96 Å². The highest BCUT2D eigenvalue weighted by atomic mass is 19.4. The van der Waals surface area contributed by atoms with E-state index < -0.39 is 17.8 Å². The van der Waals surface area contributed by atoms with Crippen molar-refractivity contribution < 1.29 is 22.7 Å². The van der Waals surface area contributed by atoms with Gasteiger partial charge in [-0.25, -0.2) is 4.99 Å². The molecule has 1 aromatic carbocycles. The second-order valence-corrected chi connectivity index (χ2v) is 7.90. The van der Waals surface area contributed by atoms with Crippen molar-refractivity contribution in [2.45, 2.75) is 45.5 Å². The lowest BCUT2D eigenvalue weighted by Gasteiger charge is -2.35. The van der Waals surface area contributed by atoms with Crippen LogP contribution in [0.15, 0.2) is 29.3 Å². The standard InChI is InChI=1S/C20H29F3N4O2/c1-5-24-18(25-12-17(28)26-19(2,3)4)27-9-10-29-16(13-27)14-7-6-8-15(11-14)20(21,22)23/h6-8,11,16H,5,9-10,12-13H2,1-4H3,(H,24,25)(H,26,28). The number of benzene rings is 1. The van der Waals surface area contributed by atoms with Gasteiger partial charge in [-0.1, -0.05) is 12.1 Å². The Kier molecular flexibility index (Phi) is 7.51. The number of aliphatic imine (C=N–C) groups is 1. The smallest absolute Gasteiger partial charge is 0.370 e. The van der Waals surface area contributed by atoms with Crippen molar-refractivity contribution >= 4 is 11.9 Å². The van der Waals surface area contributed by atoms with E-state index in [4.69, 9.17) is 4.74 Å². The van der Waals surface area contributed by atoms with E-state index in [9.17, 15) is 18.0 Å². The van der Waals surface area contributed by atoms with E-state index in [0.717, 1.165) is 12.1 Å². The lowest BCUT2D eigenvalue weighted by atomic mass is 10.0. The summed E-state index contributed by atoms with van der Waals surface area (Å²) in [7, 11) is 0. The summed E-state index contributed by atoms with van der Waals surface area (Å²) in [6.07, 6.45) is -4.92. The van der Waals surface area contributed by atoms with E-state index in [1.807, 2.05) is 32.6 Å². The third-order valence-corrected chi connectivity index (χ3v) is 4.17. The summed E-state index contributed by atoms with van der Waals surface area (Å²) in [5, 5.41) is 5.99. The molecule has 1 aliphatic rings. The maximum atomic E-state index is 13.0. The Morgan fingerprint density at radius 2 is 2.03 bits per heavy atom. The molecular weight excluding hydrogens is 385 g/mol. The van der Waals surface area contributed by atoms with Gasteiger partial charge in [-0.15, -0.1) is 0 Å². The first-order chi connectivity index (χ1) is 13.5. The summed E-state index contributed by atoms with van der Waals surface area (Å²) in [4.78, 5) is 18.4. The van der Waals surface area contributed by atoms with Crippen LogP contribution in [0.1, 0.15) is 44.9 Å². The fraction of sp³-hybridized carbons (Fsp3) is 0.600. The number of nitrogens with one attached hydrogen (secondary N) is 2. The summed E-state index contributed by atoms with van der Waals surface area (Å²) in [5.74, 6) is 0.340. The Bertz CT molecular complexity index is 729. The van der Waals surface area contributed by atoms with Crippen molar-refractivity contribution in [3.63, 3.8) is 0 Å². The number of alkyl halides is 3. The van der Waals surface area contributed by atoms with Crippen molar-refractivity contribution in [1.82, 2.24) is 15.5 Å². The minimum atomic E-state index is -4.40. The van der Waals surface area contributed by atoms with Crippen LogP contribution in [0.25, 0.3) is 0 Å². The molecule has 162 valence electrons. The van der Waals surface area contributed by atoms with Gasteiger partial charge in [0.25, 0.3) is 0 Å². The monoisotopic (exact) mass is 414 g/mol. The highest BCUT2D eigenvalue weighted by Gasteiger charge is 2.32. The van der Waals surface area contributed by atoms with Crippen LogP contribution in [-0.2, 0) is 15.7 Å². The van der Waals surface area contributed by atoms with Crippen LogP contribution in [0.3, 0.4) is 0 Å². The molecule has 1 heterocycles. The highest BCUT2D eigenvalue weighted by Crippen LogP contribution is 2.32. The van der Waals surface area contributed by atoms with Gasteiger partial charge in [-0.3, -0.25) is 4.79 Å². The maximum absolute atomic E-state index is 13.0. The number of rotatable bonds is 4. The molecule has 9 heteroatoms. The van der Waals surface area contributed by atoms with Crippen LogP contribution in [0.5, 0.6) is 0 Å². The van der Waals surface area contributed by atoms with Gasteiger partial charge in [0.05, 0.1) is 18.7 Å². The number of ether oxygens (including phenoxy) is 1. The molecule has 0 aliphatic carbocycles. The van der Waals surface area contributed by atoms with Crippen LogP contribution >= 0.6 is 0 Å². The Balaban J connectivity index is 2.12. The number of carbonyl (C=O) groups excluding carboxylic acids is 1. The Morgan fingerprint density at radius 1 is 1.31 bits per heavy atom. The molecule has 0 bridgehead atoms. The first-order valence-electron chi connectivity index (χ1n) is 9.62. The number of hydrogen-bond acceptors (Lipinski definition) is 3. The van der Waals surface area contributed by atoms with Crippen LogP contribution in [0.2, 0.25) is 0 Å². The molecule has 1 amide bonds. The second-order valence-electron chi connectivity index (χ2n) is 7.90. The van der Waals surface area contributed by atoms with Crippen molar-refractivity contribution in [3.05, 3.63) is 35.4 Å². The predicted octanol–water partition coefficient (Wildman–Crippen LogP) is 2.96. The Hall–Kier alpha value is -2.29. The largest absolute Gasteiger partial charge is 0.416 e. The molecule has 1 atom stereocenters. The molecule has 1 aromatic rings. The third kappa shape index (κ3) is 7.23. The number of nitrogens with zero attached hydrogens (tertiary/aromatic N) is 2. The maximum Gasteiger partial charge on any atom is 0.416 e. The summed E-state index contributed by atoms with van der Waals surface area (Å²) < 4.78 is 44.8. The van der Waals surface area contributed by atoms with Gasteiger partial charge in [0.1, 0.15) is 12.6 Å². The van der Waals surface area contributed by atoms with E-state index in [1.54, 1.807) is 6.07 Å². The quantitative estimate of drug-likeness (QED) is 0.587. The number of carbonyl (C=O) groups is 1. The van der Waals surface area contributed by atoms with E-state index in [0.29, 0.717) is 37.8 Å². The Labute approximate surface area is 169 Å². The third-order valence-electron chi connectivity index (χ3n) is 4.17. The summed E-state index contributed by atoms with van der Waals surface area (Å²) in [6.45, 7) is 9.37. The van der Waals surface area contributed by atoms with Gasteiger partial charge < -0.3 is 20.3 Å². The van der Waals surface area contributed by atoms with Crippen molar-refractivity contribution in [2.24, 2.45) is 4.99 Å². The minimum Gasteiger partial charge on any atom is -0.370 e. The van der Waals surface area contributed by atoms with Crippen LogP contribution in [0, 0.1) is 0 Å². The van der Waals surface area contributed by atoms with E-state index >= 15 is 0 Å². The molecule has 0 saturated carbocycles. The van der Waals surface area contributed by atoms with Crippen LogP contribution in [-0.4, -0.2) is 55.1 Å². The average Bonchev–Trinajstić information content (AvgIpc) is 2.63. The zero-order valence-corrected chi connectivity index (χ0v) is 17.3. The normalized spacial score (nSPS) is 18.5. The Morgan fingerprint density at radius 3 is 2.66 bits per heavy atom. The highest BCUT2D eigenvalue weighted by molar-refractivity contribution is 5.85. The van der Waals surface area contributed by atoms with Gasteiger partial charge in [-0.2, -0.15) is 13.2 Å². The van der Waals surface area contributed by atoms with Crippen molar-refractivity contribution in [1.29, 1.82) is 0 Å². The molecule has 2 rings (SSSR count). The average molecular weight is 414 g/mol. The molecule has 0 radical (unpaired) electrons. The first kappa shape index (κ1) is 23.0. The van der Waals surface area contributed by atoms with Gasteiger partial charge in [0.2, 0.25) is 5.91 Å². The zero-order chi connectivity index (χ0) is 21.7. The van der Waals surface area contributed by atoms with Crippen molar-refractivity contribution in [2.75, 3.05) is 32.8 Å². The minimum absolute atomic E-state index is 0.0365. The fourth-order valence-corrected chi connectivity index (χ4v) is 2.99. The molecule has 1 unspecified atom stereocenters. The summed E-state index contributed by atoms with van der Waals surface area (Å²) in [6, 6.07) is 5.18. The van der Waals surface area contributed by atoms with Crippen molar-refractivity contribution in [3.8, 4) is 0 Å². The summed E-state index contributed by atoms with van der Waals surface area (Å²) >= 11 is 0. The first-order valence-corrected chi connectivity index (χ1v) is 9.62. The van der Waals surface area contributed by atoms with Crippen LogP contribution < -0.4 is 10.6 Å². The van der Waals surface area contributed by atoms with E-state index in [-0.39, 0.29) is 18.0 Å². The molecular formula is C20H29F3N4O2. The van der Waals surface area contributed by atoms with E-state index in [2.05, 4.69) is 15.6 Å². The molecule has 29 heavy (non-hydrogen) atoms. The number of guanidine groups is 1. The molecule has 1 saturated heterocycles. The molecule has 1 aliphatic heterocycles. The SMILES string of the molecule is CCNC(=NCC(=O)NC(C)(C)C)N1CCOC(c2cccc(C(F)(F)F)c2)C1. The topological polar surface area (TPSA) is 66.0 Å². The van der Waals surface area contributed by atoms with Crippen LogP contribution in [0.4, 0.5) is 13.2 Å². The fourth-order valence-electron chi connectivity index (χ4n) is 2.99.